The Kier molecular flexibility index (Phi) is 6.75. The summed E-state index contributed by atoms with van der Waals surface area (Å²) < 4.78 is 30.4. The zero-order chi connectivity index (χ0) is 22.6. The van der Waals surface area contributed by atoms with Crippen molar-refractivity contribution < 1.29 is 28.2 Å². The van der Waals surface area contributed by atoms with Gasteiger partial charge in [-0.3, -0.25) is 0 Å². The monoisotopic (exact) mass is 427 g/mol. The number of benzene rings is 2. The summed E-state index contributed by atoms with van der Waals surface area (Å²) in [6, 6.07) is 11.1. The van der Waals surface area contributed by atoms with E-state index in [4.69, 9.17) is 13.9 Å². The number of carboxylic acid groups (broad SMARTS) is 1. The molecule has 1 heterocycles. The fourth-order valence-corrected chi connectivity index (χ4v) is 3.05. The number of nitrogens with zero attached hydrogens (tertiary/aromatic N) is 1. The number of aromatic nitrogens is 1. The third-order valence-electron chi connectivity index (χ3n) is 4.78. The molecule has 31 heavy (non-hydrogen) atoms. The molecule has 3 rings (SSSR count). The van der Waals surface area contributed by atoms with Crippen LogP contribution in [0.15, 0.2) is 46.9 Å². The number of aryl methyl sites for hydroxylation is 2. The Morgan fingerprint density at radius 2 is 1.84 bits per heavy atom. The Morgan fingerprint density at radius 1 is 1.13 bits per heavy atom. The minimum absolute atomic E-state index is 0.172. The maximum atomic E-state index is 13.1. The lowest BCUT2D eigenvalue weighted by Crippen LogP contribution is -2.27. The topological polar surface area (TPSA) is 81.8 Å². The van der Waals surface area contributed by atoms with E-state index in [0.29, 0.717) is 40.8 Å². The summed E-state index contributed by atoms with van der Waals surface area (Å²) in [6.07, 6.45) is 0. The first-order chi connectivity index (χ1) is 14.7. The van der Waals surface area contributed by atoms with Gasteiger partial charge in [0.1, 0.15) is 28.6 Å². The van der Waals surface area contributed by atoms with Gasteiger partial charge in [-0.05, 0) is 49.7 Å². The number of ether oxygens (including phenoxy) is 2. The molecule has 1 N–H and O–H groups in total. The molecule has 0 saturated heterocycles. The SMILES string of the molecule is Cc1cccc(OCC(C)(C)COCc2nc(-c3ccc(F)cc3)oc2C)c1C(=O)O. The van der Waals surface area contributed by atoms with Crippen molar-refractivity contribution in [1.82, 2.24) is 4.98 Å². The van der Waals surface area contributed by atoms with E-state index in [2.05, 4.69) is 4.98 Å². The number of hydrogen-bond acceptors (Lipinski definition) is 5. The first-order valence-corrected chi connectivity index (χ1v) is 9.92. The highest BCUT2D eigenvalue weighted by molar-refractivity contribution is 5.92. The number of oxazole rings is 1. The van der Waals surface area contributed by atoms with Crippen LogP contribution in [0.4, 0.5) is 4.39 Å². The van der Waals surface area contributed by atoms with Gasteiger partial charge < -0.3 is 19.0 Å². The van der Waals surface area contributed by atoms with Gasteiger partial charge >= 0.3 is 5.97 Å². The molecule has 0 saturated carbocycles. The van der Waals surface area contributed by atoms with Gasteiger partial charge in [-0.1, -0.05) is 26.0 Å². The van der Waals surface area contributed by atoms with E-state index in [1.165, 1.54) is 12.1 Å². The van der Waals surface area contributed by atoms with Gasteiger partial charge in [0.25, 0.3) is 0 Å². The molecule has 0 amide bonds. The second-order valence-electron chi connectivity index (χ2n) is 8.23. The predicted octanol–water partition coefficient (Wildman–Crippen LogP) is 5.42. The lowest BCUT2D eigenvalue weighted by atomic mass is 9.96. The molecular weight excluding hydrogens is 401 g/mol. The van der Waals surface area contributed by atoms with Crippen molar-refractivity contribution in [1.29, 1.82) is 0 Å². The minimum atomic E-state index is -1.01. The van der Waals surface area contributed by atoms with Crippen LogP contribution in [-0.4, -0.2) is 29.3 Å². The molecular formula is C24H26FNO5. The van der Waals surface area contributed by atoms with Crippen LogP contribution in [0.3, 0.4) is 0 Å². The van der Waals surface area contributed by atoms with Crippen LogP contribution in [0, 0.1) is 25.1 Å². The summed E-state index contributed by atoms with van der Waals surface area (Å²) in [5, 5.41) is 9.43. The van der Waals surface area contributed by atoms with Crippen LogP contribution in [0.1, 0.15) is 41.2 Å². The third-order valence-corrected chi connectivity index (χ3v) is 4.78. The lowest BCUT2D eigenvalue weighted by Gasteiger charge is -2.25. The van der Waals surface area contributed by atoms with E-state index in [9.17, 15) is 14.3 Å². The summed E-state index contributed by atoms with van der Waals surface area (Å²) in [4.78, 5) is 16.0. The Hall–Kier alpha value is -3.19. The number of aromatic carboxylic acids is 1. The molecule has 0 aliphatic heterocycles. The Bertz CT molecular complexity index is 1060. The third kappa shape index (κ3) is 5.70. The minimum Gasteiger partial charge on any atom is -0.492 e. The summed E-state index contributed by atoms with van der Waals surface area (Å²) in [7, 11) is 0. The summed E-state index contributed by atoms with van der Waals surface area (Å²) in [5.41, 5.74) is 1.82. The Morgan fingerprint density at radius 3 is 2.52 bits per heavy atom. The lowest BCUT2D eigenvalue weighted by molar-refractivity contribution is 0.0239. The van der Waals surface area contributed by atoms with Crippen LogP contribution in [0.25, 0.3) is 11.5 Å². The fraction of sp³-hybridized carbons (Fsp3) is 0.333. The molecule has 0 aliphatic rings. The Balaban J connectivity index is 1.57. The molecule has 2 aromatic carbocycles. The Labute approximate surface area is 180 Å². The highest BCUT2D eigenvalue weighted by Crippen LogP contribution is 2.26. The maximum absolute atomic E-state index is 13.1. The van der Waals surface area contributed by atoms with Gasteiger partial charge in [0.2, 0.25) is 5.89 Å². The maximum Gasteiger partial charge on any atom is 0.339 e. The first-order valence-electron chi connectivity index (χ1n) is 9.92. The second kappa shape index (κ2) is 9.31. The van der Waals surface area contributed by atoms with Crippen molar-refractivity contribution in [3.8, 4) is 17.2 Å². The summed E-state index contributed by atoms with van der Waals surface area (Å²) in [5.74, 6) is 0.0669. The standard InChI is InChI=1S/C24H26FNO5/c1-15-6-5-7-20(21(15)23(27)28)30-14-24(3,4)13-29-12-19-16(2)31-22(26-19)17-8-10-18(25)11-9-17/h5-11H,12-14H2,1-4H3,(H,27,28). The van der Waals surface area contributed by atoms with Gasteiger partial charge in [0.05, 0.1) is 19.8 Å². The highest BCUT2D eigenvalue weighted by Gasteiger charge is 2.23. The van der Waals surface area contributed by atoms with Crippen molar-refractivity contribution in [2.75, 3.05) is 13.2 Å². The van der Waals surface area contributed by atoms with E-state index in [1.807, 2.05) is 13.8 Å². The van der Waals surface area contributed by atoms with Crippen LogP contribution >= 0.6 is 0 Å². The van der Waals surface area contributed by atoms with Gasteiger partial charge in [0, 0.05) is 11.0 Å². The molecule has 0 radical (unpaired) electrons. The predicted molar refractivity (Wildman–Crippen MR) is 114 cm³/mol. The smallest absolute Gasteiger partial charge is 0.339 e. The van der Waals surface area contributed by atoms with E-state index < -0.39 is 5.97 Å². The van der Waals surface area contributed by atoms with E-state index in [-0.39, 0.29) is 30.0 Å². The van der Waals surface area contributed by atoms with Crippen LogP contribution in [0.2, 0.25) is 0 Å². The molecule has 3 aromatic rings. The van der Waals surface area contributed by atoms with Gasteiger partial charge in [-0.25, -0.2) is 14.2 Å². The molecule has 7 heteroatoms. The van der Waals surface area contributed by atoms with Crippen molar-refractivity contribution in [3.05, 3.63) is 70.9 Å². The zero-order valence-electron chi connectivity index (χ0n) is 18.1. The summed E-state index contributed by atoms with van der Waals surface area (Å²) in [6.45, 7) is 8.41. The zero-order valence-corrected chi connectivity index (χ0v) is 18.1. The van der Waals surface area contributed by atoms with Crippen molar-refractivity contribution in [2.24, 2.45) is 5.41 Å². The average molecular weight is 427 g/mol. The van der Waals surface area contributed by atoms with Gasteiger partial charge in [0.15, 0.2) is 0 Å². The first kappa shape index (κ1) is 22.5. The van der Waals surface area contributed by atoms with Crippen LogP contribution < -0.4 is 4.74 Å². The molecule has 0 bridgehead atoms. The molecule has 0 unspecified atom stereocenters. The van der Waals surface area contributed by atoms with Crippen molar-refractivity contribution in [3.63, 3.8) is 0 Å². The number of halogens is 1. The number of rotatable bonds is 9. The van der Waals surface area contributed by atoms with E-state index in [0.717, 1.165) is 0 Å². The van der Waals surface area contributed by atoms with E-state index >= 15 is 0 Å². The number of carboxylic acids is 1. The fourth-order valence-electron chi connectivity index (χ4n) is 3.05. The molecule has 0 fully saturated rings. The van der Waals surface area contributed by atoms with Crippen molar-refractivity contribution in [2.45, 2.75) is 34.3 Å². The summed E-state index contributed by atoms with van der Waals surface area (Å²) >= 11 is 0. The molecule has 0 spiro atoms. The quantitative estimate of drug-likeness (QED) is 0.491. The van der Waals surface area contributed by atoms with Crippen LogP contribution in [0.5, 0.6) is 5.75 Å². The molecule has 164 valence electrons. The molecule has 6 nitrogen and oxygen atoms in total. The van der Waals surface area contributed by atoms with E-state index in [1.54, 1.807) is 44.2 Å². The molecule has 1 aromatic heterocycles. The van der Waals surface area contributed by atoms with Crippen molar-refractivity contribution >= 4 is 5.97 Å². The molecule has 0 atom stereocenters. The van der Waals surface area contributed by atoms with Gasteiger partial charge in [-0.2, -0.15) is 0 Å². The van der Waals surface area contributed by atoms with Crippen LogP contribution in [-0.2, 0) is 11.3 Å². The number of hydrogen-bond donors (Lipinski definition) is 1. The van der Waals surface area contributed by atoms with Gasteiger partial charge in [-0.15, -0.1) is 0 Å². The largest absolute Gasteiger partial charge is 0.492 e. The number of carbonyl (C=O) groups is 1. The normalized spacial score (nSPS) is 11.5. The second-order valence-corrected chi connectivity index (χ2v) is 8.23. The molecule has 0 aliphatic carbocycles. The highest BCUT2D eigenvalue weighted by atomic mass is 19.1. The average Bonchev–Trinajstić information content (AvgIpc) is 3.07.